The topological polar surface area (TPSA) is 152 Å². The molecule has 0 aromatic heterocycles. The van der Waals surface area contributed by atoms with Gasteiger partial charge in [0.2, 0.25) is 0 Å². The number of fused-ring (bicyclic) bond motifs is 4. The van der Waals surface area contributed by atoms with Crippen LogP contribution in [0.3, 0.4) is 0 Å². The molecule has 0 bridgehead atoms. The first-order chi connectivity index (χ1) is 22.0. The van der Waals surface area contributed by atoms with Gasteiger partial charge in [-0.25, -0.2) is 4.79 Å². The normalized spacial score (nSPS) is 38.2. The molecule has 47 heavy (non-hydrogen) atoms. The SMILES string of the molecule is CC(=CC(O)CC(C)C1CC(O)C2(CCO)C3=C(C(=O)CC12C)C1(C)CCC(=O)C(C)(C)C1C(C=Cc1ccccc1)C3O)C(=O)O. The third-order valence-electron chi connectivity index (χ3n) is 13.0. The number of allylic oxidation sites excluding steroid dienone is 1. The maximum Gasteiger partial charge on any atom is 0.331 e. The molecule has 2 fully saturated rings. The van der Waals surface area contributed by atoms with Crippen molar-refractivity contribution in [2.24, 2.45) is 45.3 Å². The summed E-state index contributed by atoms with van der Waals surface area (Å²) >= 11 is 0. The summed E-state index contributed by atoms with van der Waals surface area (Å²) in [4.78, 5) is 39.6. The number of hydrogen-bond acceptors (Lipinski definition) is 7. The molecule has 4 aliphatic carbocycles. The second kappa shape index (κ2) is 12.5. The van der Waals surface area contributed by atoms with E-state index in [1.165, 1.54) is 13.0 Å². The lowest BCUT2D eigenvalue weighted by molar-refractivity contribution is -0.152. The first-order valence-electron chi connectivity index (χ1n) is 17.1. The second-order valence-electron chi connectivity index (χ2n) is 15.9. The number of rotatable bonds is 9. The summed E-state index contributed by atoms with van der Waals surface area (Å²) < 4.78 is 0. The van der Waals surface area contributed by atoms with Crippen LogP contribution in [-0.4, -0.2) is 68.0 Å². The van der Waals surface area contributed by atoms with Crippen LogP contribution in [0, 0.1) is 45.3 Å². The summed E-state index contributed by atoms with van der Waals surface area (Å²) in [5, 5.41) is 55.6. The molecule has 0 aliphatic heterocycles. The molecule has 256 valence electrons. The van der Waals surface area contributed by atoms with Crippen LogP contribution in [0.15, 0.2) is 59.2 Å². The molecule has 8 heteroatoms. The van der Waals surface area contributed by atoms with Gasteiger partial charge in [0.1, 0.15) is 5.78 Å². The third kappa shape index (κ3) is 5.40. The Balaban J connectivity index is 1.69. The molecular weight excluding hydrogens is 596 g/mol. The van der Waals surface area contributed by atoms with Gasteiger partial charge in [-0.15, -0.1) is 0 Å². The van der Waals surface area contributed by atoms with Crippen molar-refractivity contribution in [3.05, 3.63) is 64.8 Å². The number of carboxylic acids is 1. The van der Waals surface area contributed by atoms with Crippen LogP contribution in [-0.2, 0) is 14.4 Å². The van der Waals surface area contributed by atoms with E-state index in [1.807, 2.05) is 70.2 Å². The van der Waals surface area contributed by atoms with Gasteiger partial charge in [0, 0.05) is 52.8 Å². The van der Waals surface area contributed by atoms with E-state index in [0.717, 1.165) is 5.56 Å². The first kappa shape index (κ1) is 35.4. The number of Topliss-reactive ketones (excluding diaryl/α,β-unsaturated/α-hetero) is 2. The molecule has 0 saturated heterocycles. The van der Waals surface area contributed by atoms with E-state index < -0.39 is 51.9 Å². The summed E-state index contributed by atoms with van der Waals surface area (Å²) in [6, 6.07) is 9.73. The van der Waals surface area contributed by atoms with Crippen molar-refractivity contribution in [3.8, 4) is 0 Å². The number of aliphatic hydroxyl groups excluding tert-OH is 4. The van der Waals surface area contributed by atoms with Gasteiger partial charge in [-0.2, -0.15) is 0 Å². The summed E-state index contributed by atoms with van der Waals surface area (Å²) in [6.45, 7) is 11.0. The monoisotopic (exact) mass is 648 g/mol. The smallest absolute Gasteiger partial charge is 0.331 e. The van der Waals surface area contributed by atoms with E-state index in [-0.39, 0.29) is 60.8 Å². The largest absolute Gasteiger partial charge is 0.478 e. The van der Waals surface area contributed by atoms with Crippen molar-refractivity contribution in [1.82, 2.24) is 0 Å². The molecule has 0 radical (unpaired) electrons. The molecule has 10 unspecified atom stereocenters. The highest BCUT2D eigenvalue weighted by atomic mass is 16.4. The zero-order valence-corrected chi connectivity index (χ0v) is 28.6. The molecular formula is C39H52O8. The summed E-state index contributed by atoms with van der Waals surface area (Å²) in [6.07, 6.45) is 3.61. The molecule has 5 N–H and O–H groups in total. The van der Waals surface area contributed by atoms with Crippen LogP contribution in [0.2, 0.25) is 0 Å². The maximum absolute atomic E-state index is 14.7. The molecule has 1 aromatic rings. The fourth-order valence-electron chi connectivity index (χ4n) is 11.0. The number of carbonyl (C=O) groups is 3. The van der Waals surface area contributed by atoms with Crippen LogP contribution >= 0.6 is 0 Å². The Bertz CT molecular complexity index is 1510. The Kier molecular flexibility index (Phi) is 9.43. The quantitative estimate of drug-likeness (QED) is 0.231. The minimum Gasteiger partial charge on any atom is -0.478 e. The Morgan fingerprint density at radius 2 is 1.74 bits per heavy atom. The predicted octanol–water partition coefficient (Wildman–Crippen LogP) is 5.15. The average molecular weight is 649 g/mol. The molecule has 0 heterocycles. The van der Waals surface area contributed by atoms with E-state index in [2.05, 4.69) is 6.92 Å². The Labute approximate surface area is 278 Å². The molecule has 1 aromatic carbocycles. The van der Waals surface area contributed by atoms with E-state index in [1.54, 1.807) is 0 Å². The number of hydrogen-bond donors (Lipinski definition) is 5. The molecule has 5 rings (SSSR count). The van der Waals surface area contributed by atoms with E-state index in [0.29, 0.717) is 30.4 Å². The molecule has 8 nitrogen and oxygen atoms in total. The van der Waals surface area contributed by atoms with Crippen molar-refractivity contribution in [3.63, 3.8) is 0 Å². The highest BCUT2D eigenvalue weighted by Gasteiger charge is 2.72. The lowest BCUT2D eigenvalue weighted by Crippen LogP contribution is -2.64. The van der Waals surface area contributed by atoms with Gasteiger partial charge in [0.25, 0.3) is 0 Å². The zero-order valence-electron chi connectivity index (χ0n) is 28.6. The number of carboxylic acid groups (broad SMARTS) is 1. The molecule has 10 atom stereocenters. The lowest BCUT2D eigenvalue weighted by Gasteiger charge is -2.63. The average Bonchev–Trinajstić information content (AvgIpc) is 3.22. The fraction of sp³-hybridized carbons (Fsp3) is 0.615. The third-order valence-corrected chi connectivity index (χ3v) is 13.0. The summed E-state index contributed by atoms with van der Waals surface area (Å²) in [5.41, 5.74) is -1.55. The van der Waals surface area contributed by atoms with Gasteiger partial charge in [0.15, 0.2) is 5.78 Å². The van der Waals surface area contributed by atoms with Crippen LogP contribution in [0.5, 0.6) is 0 Å². The summed E-state index contributed by atoms with van der Waals surface area (Å²) in [5.74, 6) is -2.51. The van der Waals surface area contributed by atoms with Gasteiger partial charge in [-0.1, -0.05) is 77.1 Å². The van der Waals surface area contributed by atoms with E-state index >= 15 is 0 Å². The van der Waals surface area contributed by atoms with Crippen LogP contribution in [0.1, 0.15) is 85.6 Å². The highest BCUT2D eigenvalue weighted by Crippen LogP contribution is 2.73. The molecule has 2 saturated carbocycles. The Morgan fingerprint density at radius 3 is 2.36 bits per heavy atom. The minimum atomic E-state index is -1.18. The maximum atomic E-state index is 14.7. The Hall–Kier alpha value is -2.91. The number of ketones is 2. The molecule has 0 spiro atoms. The number of benzene rings is 1. The first-order valence-corrected chi connectivity index (χ1v) is 17.1. The van der Waals surface area contributed by atoms with Crippen molar-refractivity contribution in [2.75, 3.05) is 6.61 Å². The van der Waals surface area contributed by atoms with Gasteiger partial charge in [-0.3, -0.25) is 9.59 Å². The fourth-order valence-corrected chi connectivity index (χ4v) is 11.0. The van der Waals surface area contributed by atoms with Crippen molar-refractivity contribution < 1.29 is 39.9 Å². The van der Waals surface area contributed by atoms with Gasteiger partial charge < -0.3 is 25.5 Å². The molecule has 0 amide bonds. The number of aliphatic hydroxyl groups is 4. The van der Waals surface area contributed by atoms with Crippen molar-refractivity contribution in [2.45, 2.75) is 98.4 Å². The lowest BCUT2D eigenvalue weighted by atomic mass is 9.39. The Morgan fingerprint density at radius 1 is 1.09 bits per heavy atom. The van der Waals surface area contributed by atoms with Crippen LogP contribution in [0.25, 0.3) is 6.08 Å². The summed E-state index contributed by atoms with van der Waals surface area (Å²) in [7, 11) is 0. The van der Waals surface area contributed by atoms with Crippen LogP contribution < -0.4 is 0 Å². The predicted molar refractivity (Wildman–Crippen MR) is 179 cm³/mol. The van der Waals surface area contributed by atoms with Crippen LogP contribution in [0.4, 0.5) is 0 Å². The van der Waals surface area contributed by atoms with Crippen molar-refractivity contribution >= 4 is 23.6 Å². The minimum absolute atomic E-state index is 0.0382. The highest BCUT2D eigenvalue weighted by molar-refractivity contribution is 6.01. The molecule has 4 aliphatic rings. The number of carbonyl (C=O) groups excluding carboxylic acids is 2. The second-order valence-corrected chi connectivity index (χ2v) is 15.9. The van der Waals surface area contributed by atoms with Crippen molar-refractivity contribution in [1.29, 1.82) is 0 Å². The zero-order chi connectivity index (χ0) is 34.7. The van der Waals surface area contributed by atoms with Gasteiger partial charge in [0.05, 0.1) is 18.3 Å². The van der Waals surface area contributed by atoms with E-state index in [4.69, 9.17) is 0 Å². The standard InChI is InChI=1S/C39H52O8/c1-22(18-25(41)19-23(2)35(46)47)27-20-30(44)39(16-17-40)32-31(28(42)21-38(27,39)6)37(5)15-14-29(43)36(3,4)34(37)26(33(32)45)13-12-24-10-8-7-9-11-24/h7-13,19,22,25-27,30,33-34,40-41,44-45H,14-18,20-21H2,1-6H3,(H,46,47). The van der Waals surface area contributed by atoms with E-state index in [9.17, 15) is 39.9 Å². The number of aliphatic carboxylic acids is 1. The van der Waals surface area contributed by atoms with Gasteiger partial charge in [-0.05, 0) is 73.0 Å². The van der Waals surface area contributed by atoms with Gasteiger partial charge >= 0.3 is 5.97 Å².